The first kappa shape index (κ1) is 19.8. The van der Waals surface area contributed by atoms with E-state index in [1.807, 2.05) is 32.2 Å². The topological polar surface area (TPSA) is 49.2 Å². The van der Waals surface area contributed by atoms with Crippen molar-refractivity contribution in [1.82, 2.24) is 14.8 Å². The first-order valence-corrected chi connectivity index (χ1v) is 10.4. The van der Waals surface area contributed by atoms with Crippen LogP contribution in [0.2, 0.25) is 0 Å². The first-order chi connectivity index (χ1) is 13.1. The summed E-state index contributed by atoms with van der Waals surface area (Å²) >= 11 is 5.20. The maximum atomic E-state index is 5.49. The Morgan fingerprint density at radius 1 is 1.07 bits per heavy atom. The summed E-state index contributed by atoms with van der Waals surface area (Å²) in [5.74, 6) is 3.48. The number of benzene rings is 2. The van der Waals surface area contributed by atoms with Crippen LogP contribution in [0.25, 0.3) is 0 Å². The maximum absolute atomic E-state index is 5.49. The predicted octanol–water partition coefficient (Wildman–Crippen LogP) is 4.87. The Morgan fingerprint density at radius 3 is 2.48 bits per heavy atom. The highest BCUT2D eigenvalue weighted by Crippen LogP contribution is 2.29. The Morgan fingerprint density at radius 2 is 1.81 bits per heavy atom. The van der Waals surface area contributed by atoms with Crippen LogP contribution in [-0.4, -0.2) is 28.5 Å². The largest absolute Gasteiger partial charge is 0.496 e. The van der Waals surface area contributed by atoms with Gasteiger partial charge < -0.3 is 14.0 Å². The van der Waals surface area contributed by atoms with Gasteiger partial charge in [-0.05, 0) is 58.2 Å². The summed E-state index contributed by atoms with van der Waals surface area (Å²) < 4.78 is 13.8. The van der Waals surface area contributed by atoms with E-state index in [9.17, 15) is 0 Å². The molecule has 0 amide bonds. The van der Waals surface area contributed by atoms with E-state index in [1.165, 1.54) is 11.1 Å². The van der Waals surface area contributed by atoms with Crippen LogP contribution >= 0.6 is 27.7 Å². The van der Waals surface area contributed by atoms with Gasteiger partial charge in [0.25, 0.3) is 0 Å². The van der Waals surface area contributed by atoms with Gasteiger partial charge in [-0.3, -0.25) is 0 Å². The van der Waals surface area contributed by atoms with Crippen LogP contribution in [0.15, 0.2) is 52.1 Å². The smallest absolute Gasteiger partial charge is 0.191 e. The minimum atomic E-state index is 0.675. The second kappa shape index (κ2) is 9.28. The van der Waals surface area contributed by atoms with Gasteiger partial charge in [-0.2, -0.15) is 0 Å². The van der Waals surface area contributed by atoms with Gasteiger partial charge in [0, 0.05) is 19.2 Å². The normalized spacial score (nSPS) is 10.8. The van der Waals surface area contributed by atoms with Crippen molar-refractivity contribution < 1.29 is 9.47 Å². The van der Waals surface area contributed by atoms with Crippen molar-refractivity contribution in [3.63, 3.8) is 0 Å². The van der Waals surface area contributed by atoms with Crippen LogP contribution in [0.3, 0.4) is 0 Å². The first-order valence-electron chi connectivity index (χ1n) is 8.66. The van der Waals surface area contributed by atoms with E-state index in [4.69, 9.17) is 9.47 Å². The van der Waals surface area contributed by atoms with E-state index in [-0.39, 0.29) is 0 Å². The molecule has 27 heavy (non-hydrogen) atoms. The van der Waals surface area contributed by atoms with Crippen molar-refractivity contribution in [1.29, 1.82) is 0 Å². The molecule has 7 heteroatoms. The van der Waals surface area contributed by atoms with Gasteiger partial charge in [0.1, 0.15) is 17.3 Å². The van der Waals surface area contributed by atoms with Crippen LogP contribution in [0.5, 0.6) is 11.5 Å². The number of halogens is 1. The lowest BCUT2D eigenvalue weighted by Gasteiger charge is -2.07. The van der Waals surface area contributed by atoms with Gasteiger partial charge in [0.15, 0.2) is 5.16 Å². The summed E-state index contributed by atoms with van der Waals surface area (Å²) in [7, 11) is 3.68. The third-order valence-corrected chi connectivity index (χ3v) is 5.82. The highest BCUT2D eigenvalue weighted by molar-refractivity contribution is 9.10. The lowest BCUT2D eigenvalue weighted by atomic mass is 10.1. The second-order valence-corrected chi connectivity index (χ2v) is 7.77. The van der Waals surface area contributed by atoms with Crippen molar-refractivity contribution in [3.05, 3.63) is 63.9 Å². The molecular weight excluding hydrogens is 426 g/mol. The standard InChI is InChI=1S/C20H22BrN3O2S/c1-4-26-16-8-5-14(6-9-16)12-19-22-23-20(24(19)2)27-13-15-7-10-18(25-3)17(21)11-15/h5-11H,4,12-13H2,1-3H3. The zero-order valence-corrected chi connectivity index (χ0v) is 18.0. The molecule has 142 valence electrons. The average molecular weight is 448 g/mol. The van der Waals surface area contributed by atoms with Crippen LogP contribution < -0.4 is 9.47 Å². The molecule has 0 saturated carbocycles. The minimum Gasteiger partial charge on any atom is -0.496 e. The van der Waals surface area contributed by atoms with Crippen LogP contribution in [0, 0.1) is 0 Å². The van der Waals surface area contributed by atoms with Gasteiger partial charge in [0.05, 0.1) is 18.2 Å². The van der Waals surface area contributed by atoms with E-state index in [0.29, 0.717) is 6.61 Å². The predicted molar refractivity (Wildman–Crippen MR) is 112 cm³/mol. The van der Waals surface area contributed by atoms with Crippen molar-refractivity contribution in [2.45, 2.75) is 24.3 Å². The Labute approximate surface area is 172 Å². The SMILES string of the molecule is CCOc1ccc(Cc2nnc(SCc3ccc(OC)c(Br)c3)n2C)cc1. The van der Waals surface area contributed by atoms with Gasteiger partial charge >= 0.3 is 0 Å². The van der Waals surface area contributed by atoms with Gasteiger partial charge in [0.2, 0.25) is 0 Å². The average Bonchev–Trinajstić information content (AvgIpc) is 3.02. The fraction of sp³-hybridized carbons (Fsp3) is 0.300. The van der Waals surface area contributed by atoms with E-state index in [1.54, 1.807) is 18.9 Å². The molecule has 0 unspecified atom stereocenters. The molecule has 5 nitrogen and oxygen atoms in total. The van der Waals surface area contributed by atoms with E-state index in [2.05, 4.69) is 55.0 Å². The van der Waals surface area contributed by atoms with Crippen molar-refractivity contribution in [2.24, 2.45) is 7.05 Å². The number of hydrogen-bond donors (Lipinski definition) is 0. The summed E-state index contributed by atoms with van der Waals surface area (Å²) in [6.45, 7) is 2.66. The lowest BCUT2D eigenvalue weighted by molar-refractivity contribution is 0.340. The highest BCUT2D eigenvalue weighted by Gasteiger charge is 2.11. The number of ether oxygens (including phenoxy) is 2. The molecule has 0 aliphatic heterocycles. The molecule has 0 spiro atoms. The Balaban J connectivity index is 1.63. The van der Waals surface area contributed by atoms with Crippen LogP contribution in [-0.2, 0) is 19.2 Å². The fourth-order valence-corrected chi connectivity index (χ4v) is 4.09. The van der Waals surface area contributed by atoms with Crippen molar-refractivity contribution >= 4 is 27.7 Å². The van der Waals surface area contributed by atoms with Crippen LogP contribution in [0.4, 0.5) is 0 Å². The number of nitrogens with zero attached hydrogens (tertiary/aromatic N) is 3. The second-order valence-electron chi connectivity index (χ2n) is 5.97. The molecule has 0 N–H and O–H groups in total. The number of methoxy groups -OCH3 is 1. The van der Waals surface area contributed by atoms with E-state index >= 15 is 0 Å². The number of aromatic nitrogens is 3. The van der Waals surface area contributed by atoms with Gasteiger partial charge in [-0.25, -0.2) is 0 Å². The number of rotatable bonds is 8. The molecule has 1 heterocycles. The fourth-order valence-electron chi connectivity index (χ4n) is 2.63. The summed E-state index contributed by atoms with van der Waals surface area (Å²) in [5.41, 5.74) is 2.38. The minimum absolute atomic E-state index is 0.675. The molecule has 1 aromatic heterocycles. The third-order valence-electron chi connectivity index (χ3n) is 4.11. The third kappa shape index (κ3) is 5.05. The van der Waals surface area contributed by atoms with Crippen molar-refractivity contribution in [2.75, 3.05) is 13.7 Å². The summed E-state index contributed by atoms with van der Waals surface area (Å²) in [4.78, 5) is 0. The molecule has 0 radical (unpaired) electrons. The number of thioether (sulfide) groups is 1. The summed E-state index contributed by atoms with van der Waals surface area (Å²) in [6.07, 6.45) is 0.741. The van der Waals surface area contributed by atoms with Gasteiger partial charge in [-0.1, -0.05) is 30.0 Å². The Bertz CT molecular complexity index is 897. The summed E-state index contributed by atoms with van der Waals surface area (Å²) in [5, 5.41) is 9.61. The number of hydrogen-bond acceptors (Lipinski definition) is 5. The monoisotopic (exact) mass is 447 g/mol. The molecule has 0 saturated heterocycles. The molecule has 0 bridgehead atoms. The van der Waals surface area contributed by atoms with Crippen molar-refractivity contribution in [3.8, 4) is 11.5 Å². The Hall–Kier alpha value is -1.99. The quantitative estimate of drug-likeness (QED) is 0.461. The van der Waals surface area contributed by atoms with E-state index in [0.717, 1.165) is 39.1 Å². The molecule has 3 rings (SSSR count). The molecule has 3 aromatic rings. The van der Waals surface area contributed by atoms with Gasteiger partial charge in [-0.15, -0.1) is 10.2 Å². The lowest BCUT2D eigenvalue weighted by Crippen LogP contribution is -2.00. The molecular formula is C20H22BrN3O2S. The zero-order valence-electron chi connectivity index (χ0n) is 15.6. The van der Waals surface area contributed by atoms with E-state index < -0.39 is 0 Å². The highest BCUT2D eigenvalue weighted by atomic mass is 79.9. The maximum Gasteiger partial charge on any atom is 0.191 e. The zero-order chi connectivity index (χ0) is 19.2. The molecule has 0 fully saturated rings. The van der Waals surface area contributed by atoms with Crippen LogP contribution in [0.1, 0.15) is 23.9 Å². The molecule has 0 aliphatic carbocycles. The molecule has 0 aliphatic rings. The molecule has 0 atom stereocenters. The Kier molecular flexibility index (Phi) is 6.79. The molecule has 2 aromatic carbocycles. The summed E-state index contributed by atoms with van der Waals surface area (Å²) in [6, 6.07) is 14.2.